The number of amides is 1. The van der Waals surface area contributed by atoms with Crippen molar-refractivity contribution in [3.8, 4) is 5.75 Å². The Morgan fingerprint density at radius 2 is 2.17 bits per heavy atom. The molecule has 1 rings (SSSR count). The summed E-state index contributed by atoms with van der Waals surface area (Å²) in [5.74, 6) is 0.271. The van der Waals surface area contributed by atoms with Gasteiger partial charge in [-0.05, 0) is 31.9 Å². The third kappa shape index (κ3) is 4.14. The van der Waals surface area contributed by atoms with Gasteiger partial charge in [0, 0.05) is 28.9 Å². The quantitative estimate of drug-likeness (QED) is 0.853. The number of phenolic OH excluding ortho intramolecular Hbond substituents is 1. The van der Waals surface area contributed by atoms with Crippen LogP contribution in [0.2, 0.25) is 0 Å². The number of phenols is 1. The van der Waals surface area contributed by atoms with Crippen molar-refractivity contribution in [3.05, 3.63) is 29.3 Å². The number of carbonyl (C=O) groups is 1. The van der Waals surface area contributed by atoms with Crippen molar-refractivity contribution in [2.75, 3.05) is 12.0 Å². The highest BCUT2D eigenvalue weighted by Crippen LogP contribution is 2.21. The van der Waals surface area contributed by atoms with E-state index in [1.807, 2.05) is 6.92 Å². The van der Waals surface area contributed by atoms with E-state index in [-0.39, 0.29) is 23.3 Å². The van der Waals surface area contributed by atoms with Gasteiger partial charge in [-0.15, -0.1) is 0 Å². The molecular weight excluding hydrogens is 250 g/mol. The molecule has 1 amide bonds. The molecule has 1 aromatic carbocycles. The Hall–Kier alpha value is -1.36. The number of carbonyl (C=O) groups excluding carboxylic acids is 1. The molecule has 0 saturated heterocycles. The first-order chi connectivity index (χ1) is 8.41. The normalized spacial score (nSPS) is 13.9. The number of nitrogens with one attached hydrogen (secondary N) is 1. The topological polar surface area (TPSA) is 66.4 Å². The van der Waals surface area contributed by atoms with Crippen LogP contribution in [0, 0.1) is 6.92 Å². The molecule has 0 aliphatic rings. The first-order valence-electron chi connectivity index (χ1n) is 5.81. The van der Waals surface area contributed by atoms with Crippen molar-refractivity contribution in [2.24, 2.45) is 0 Å². The second-order valence-corrected chi connectivity index (χ2v) is 5.97. The van der Waals surface area contributed by atoms with E-state index in [9.17, 15) is 14.1 Å². The highest BCUT2D eigenvalue weighted by atomic mass is 32.2. The first-order valence-corrected chi connectivity index (χ1v) is 7.54. The average molecular weight is 269 g/mol. The van der Waals surface area contributed by atoms with E-state index < -0.39 is 10.8 Å². The maximum Gasteiger partial charge on any atom is 0.255 e. The van der Waals surface area contributed by atoms with E-state index in [1.165, 1.54) is 0 Å². The number of aryl methyl sites for hydroxylation is 1. The molecule has 2 N–H and O–H groups in total. The molecule has 0 heterocycles. The maximum atomic E-state index is 11.9. The van der Waals surface area contributed by atoms with Crippen LogP contribution in [0.15, 0.2) is 18.2 Å². The molecule has 0 spiro atoms. The molecule has 18 heavy (non-hydrogen) atoms. The highest BCUT2D eigenvalue weighted by Gasteiger charge is 2.14. The second-order valence-electron chi connectivity index (χ2n) is 4.41. The summed E-state index contributed by atoms with van der Waals surface area (Å²) in [4.78, 5) is 11.9. The smallest absolute Gasteiger partial charge is 0.255 e. The van der Waals surface area contributed by atoms with Crippen LogP contribution in [0.4, 0.5) is 0 Å². The van der Waals surface area contributed by atoms with Crippen LogP contribution in [-0.4, -0.2) is 33.3 Å². The molecule has 2 unspecified atom stereocenters. The predicted molar refractivity (Wildman–Crippen MR) is 73.3 cm³/mol. The molecular formula is C13H19NO3S. The van der Waals surface area contributed by atoms with Crippen LogP contribution in [-0.2, 0) is 10.8 Å². The Labute approximate surface area is 110 Å². The van der Waals surface area contributed by atoms with Crippen LogP contribution in [0.1, 0.15) is 29.3 Å². The molecule has 0 saturated carbocycles. The lowest BCUT2D eigenvalue weighted by Gasteiger charge is -2.14. The number of rotatable bonds is 5. The summed E-state index contributed by atoms with van der Waals surface area (Å²) in [7, 11) is -0.854. The fraction of sp³-hybridized carbons (Fsp3) is 0.462. The van der Waals surface area contributed by atoms with E-state index in [2.05, 4.69) is 5.32 Å². The molecule has 2 atom stereocenters. The van der Waals surface area contributed by atoms with Gasteiger partial charge >= 0.3 is 0 Å². The van der Waals surface area contributed by atoms with Crippen LogP contribution in [0.5, 0.6) is 5.75 Å². The zero-order valence-electron chi connectivity index (χ0n) is 10.9. The minimum atomic E-state index is -0.854. The summed E-state index contributed by atoms with van der Waals surface area (Å²) in [6.45, 7) is 3.60. The molecule has 0 radical (unpaired) electrons. The van der Waals surface area contributed by atoms with E-state index in [1.54, 1.807) is 31.4 Å². The molecule has 0 aliphatic carbocycles. The number of hydrogen-bond acceptors (Lipinski definition) is 3. The number of para-hydroxylation sites is 1. The van der Waals surface area contributed by atoms with Crippen LogP contribution in [0.25, 0.3) is 0 Å². The van der Waals surface area contributed by atoms with E-state index in [0.29, 0.717) is 17.7 Å². The number of benzene rings is 1. The number of hydrogen-bond donors (Lipinski definition) is 2. The standard InChI is InChI=1S/C13H19NO3S/c1-9-5-4-6-11(12(9)15)13(16)14-10(2)7-8-18(3)17/h4-6,10,15H,7-8H2,1-3H3,(H,14,16). The zero-order valence-corrected chi connectivity index (χ0v) is 11.7. The minimum Gasteiger partial charge on any atom is -0.507 e. The lowest BCUT2D eigenvalue weighted by Crippen LogP contribution is -2.33. The number of aromatic hydroxyl groups is 1. The van der Waals surface area contributed by atoms with Gasteiger partial charge < -0.3 is 10.4 Å². The fourth-order valence-electron chi connectivity index (χ4n) is 1.56. The zero-order chi connectivity index (χ0) is 13.7. The summed E-state index contributed by atoms with van der Waals surface area (Å²) in [6, 6.07) is 5.00. The third-order valence-corrected chi connectivity index (χ3v) is 3.51. The lowest BCUT2D eigenvalue weighted by atomic mass is 10.1. The van der Waals surface area contributed by atoms with Crippen molar-refractivity contribution in [1.29, 1.82) is 0 Å². The molecule has 0 bridgehead atoms. The van der Waals surface area contributed by atoms with Crippen LogP contribution in [0.3, 0.4) is 0 Å². The van der Waals surface area contributed by atoms with Crippen LogP contribution >= 0.6 is 0 Å². The Morgan fingerprint density at radius 1 is 1.50 bits per heavy atom. The second kappa shape index (κ2) is 6.54. The van der Waals surface area contributed by atoms with E-state index in [0.717, 1.165) is 0 Å². The first kappa shape index (κ1) is 14.7. The Bertz CT molecular complexity index is 460. The summed E-state index contributed by atoms with van der Waals surface area (Å²) in [5, 5.41) is 12.6. The maximum absolute atomic E-state index is 11.9. The average Bonchev–Trinajstić information content (AvgIpc) is 2.30. The predicted octanol–water partition coefficient (Wildman–Crippen LogP) is 1.59. The lowest BCUT2D eigenvalue weighted by molar-refractivity contribution is 0.0936. The SMILES string of the molecule is Cc1cccc(C(=O)NC(C)CCS(C)=O)c1O. The van der Waals surface area contributed by atoms with Gasteiger partial charge in [-0.3, -0.25) is 9.00 Å². The highest BCUT2D eigenvalue weighted by molar-refractivity contribution is 7.84. The van der Waals surface area contributed by atoms with Crippen molar-refractivity contribution >= 4 is 16.7 Å². The summed E-state index contributed by atoms with van der Waals surface area (Å²) < 4.78 is 11.0. The van der Waals surface area contributed by atoms with Crippen molar-refractivity contribution < 1.29 is 14.1 Å². The Balaban J connectivity index is 2.65. The molecule has 5 heteroatoms. The summed E-state index contributed by atoms with van der Waals surface area (Å²) in [5.41, 5.74) is 0.949. The van der Waals surface area contributed by atoms with Gasteiger partial charge in [-0.25, -0.2) is 0 Å². The monoisotopic (exact) mass is 269 g/mol. The van der Waals surface area contributed by atoms with Crippen LogP contribution < -0.4 is 5.32 Å². The van der Waals surface area contributed by atoms with E-state index in [4.69, 9.17) is 0 Å². The van der Waals surface area contributed by atoms with Gasteiger partial charge in [0.05, 0.1) is 5.56 Å². The van der Waals surface area contributed by atoms with Gasteiger partial charge in [0.25, 0.3) is 5.91 Å². The Kier molecular flexibility index (Phi) is 5.34. The summed E-state index contributed by atoms with van der Waals surface area (Å²) in [6.07, 6.45) is 2.29. The van der Waals surface area contributed by atoms with Crippen molar-refractivity contribution in [2.45, 2.75) is 26.3 Å². The largest absolute Gasteiger partial charge is 0.507 e. The minimum absolute atomic E-state index is 0.0151. The fourth-order valence-corrected chi connectivity index (χ4v) is 2.24. The molecule has 0 fully saturated rings. The molecule has 100 valence electrons. The van der Waals surface area contributed by atoms with Crippen molar-refractivity contribution in [1.82, 2.24) is 5.32 Å². The molecule has 0 aliphatic heterocycles. The molecule has 1 aromatic rings. The van der Waals surface area contributed by atoms with Gasteiger partial charge in [0.2, 0.25) is 0 Å². The van der Waals surface area contributed by atoms with Gasteiger partial charge in [-0.1, -0.05) is 12.1 Å². The van der Waals surface area contributed by atoms with Crippen molar-refractivity contribution in [3.63, 3.8) is 0 Å². The third-order valence-electron chi connectivity index (χ3n) is 2.70. The van der Waals surface area contributed by atoms with Gasteiger partial charge in [-0.2, -0.15) is 0 Å². The van der Waals surface area contributed by atoms with Gasteiger partial charge in [0.15, 0.2) is 0 Å². The van der Waals surface area contributed by atoms with Gasteiger partial charge in [0.1, 0.15) is 5.75 Å². The Morgan fingerprint density at radius 3 is 2.78 bits per heavy atom. The molecule has 4 nitrogen and oxygen atoms in total. The molecule has 0 aromatic heterocycles. The van der Waals surface area contributed by atoms with E-state index >= 15 is 0 Å². The summed E-state index contributed by atoms with van der Waals surface area (Å²) >= 11 is 0.